The molecule has 0 amide bonds. The fourth-order valence-electron chi connectivity index (χ4n) is 2.10. The Morgan fingerprint density at radius 1 is 1.05 bits per heavy atom. The normalized spacial score (nSPS) is 12.5. The van der Waals surface area contributed by atoms with Crippen molar-refractivity contribution < 1.29 is 5.11 Å². The van der Waals surface area contributed by atoms with E-state index in [0.29, 0.717) is 12.2 Å². The molecule has 5 heteroatoms. The predicted molar refractivity (Wildman–Crippen MR) is 70.8 cm³/mol. The second-order valence-electron chi connectivity index (χ2n) is 4.71. The molecule has 0 bridgehead atoms. The van der Waals surface area contributed by atoms with Gasteiger partial charge in [-0.25, -0.2) is 10.2 Å². The molecule has 1 aromatic heterocycles. The summed E-state index contributed by atoms with van der Waals surface area (Å²) in [5.74, 6) is 0.351. The number of tetrazole rings is 1. The van der Waals surface area contributed by atoms with Gasteiger partial charge in [0.05, 0.1) is 0 Å². The molecule has 0 spiro atoms. The Labute approximate surface area is 113 Å². The first kappa shape index (κ1) is 13.7. The Bertz CT molecular complexity index is 444. The van der Waals surface area contributed by atoms with E-state index >= 15 is 0 Å². The van der Waals surface area contributed by atoms with E-state index < -0.39 is 6.10 Å². The summed E-state index contributed by atoms with van der Waals surface area (Å²) in [6.07, 6.45) is 5.27. The maximum Gasteiger partial charge on any atom is 0.181 e. The number of aryl methyl sites for hydroxylation is 1. The second kappa shape index (κ2) is 7.63. The molecule has 1 atom stereocenters. The number of benzene rings is 1. The molecule has 1 heterocycles. The predicted octanol–water partition coefficient (Wildman–Crippen LogP) is 2.86. The Balaban J connectivity index is 1.53. The molecule has 2 rings (SSSR count). The number of aromatic amines is 1. The van der Waals surface area contributed by atoms with Gasteiger partial charge in [0.15, 0.2) is 11.9 Å². The molecule has 1 unspecified atom stereocenters. The molecular formula is C14H19N4O. The lowest BCUT2D eigenvalue weighted by molar-refractivity contribution is 0.0709. The van der Waals surface area contributed by atoms with Gasteiger partial charge < -0.3 is 0 Å². The SMILES string of the molecule is [O]C(CCCCCCc1ccccc1)c1nnn[nH]1. The monoisotopic (exact) mass is 259 g/mol. The number of hydrogen-bond acceptors (Lipinski definition) is 3. The number of H-pyrrole nitrogens is 1. The van der Waals surface area contributed by atoms with Crippen molar-refractivity contribution in [1.29, 1.82) is 0 Å². The van der Waals surface area contributed by atoms with Crippen LogP contribution in [-0.4, -0.2) is 20.6 Å². The van der Waals surface area contributed by atoms with Crippen molar-refractivity contribution in [2.24, 2.45) is 0 Å². The van der Waals surface area contributed by atoms with Gasteiger partial charge >= 0.3 is 0 Å². The van der Waals surface area contributed by atoms with Crippen molar-refractivity contribution in [3.05, 3.63) is 41.7 Å². The molecule has 1 aromatic carbocycles. The third-order valence-corrected chi connectivity index (χ3v) is 3.19. The van der Waals surface area contributed by atoms with E-state index in [1.807, 2.05) is 6.07 Å². The lowest BCUT2D eigenvalue weighted by atomic mass is 10.0. The summed E-state index contributed by atoms with van der Waals surface area (Å²) in [5, 5.41) is 24.7. The van der Waals surface area contributed by atoms with Crippen LogP contribution < -0.4 is 0 Å². The standard InChI is InChI=1S/C14H19N4O/c19-13(14-15-17-18-16-14)11-7-2-1-4-8-12-9-5-3-6-10-12/h3,5-6,9-10,13H,1-2,4,7-8,11H2,(H,15,16,17,18). The molecule has 0 aliphatic heterocycles. The Morgan fingerprint density at radius 3 is 2.58 bits per heavy atom. The van der Waals surface area contributed by atoms with Crippen LogP contribution in [0.2, 0.25) is 0 Å². The second-order valence-corrected chi connectivity index (χ2v) is 4.71. The van der Waals surface area contributed by atoms with Gasteiger partial charge in [0, 0.05) is 0 Å². The summed E-state index contributed by atoms with van der Waals surface area (Å²) in [5.41, 5.74) is 1.39. The van der Waals surface area contributed by atoms with Crippen LogP contribution in [0.25, 0.3) is 0 Å². The van der Waals surface area contributed by atoms with Gasteiger partial charge in [-0.15, -0.1) is 5.10 Å². The van der Waals surface area contributed by atoms with E-state index in [2.05, 4.69) is 44.9 Å². The largest absolute Gasteiger partial charge is 0.240 e. The first-order valence-electron chi connectivity index (χ1n) is 6.79. The molecule has 0 saturated heterocycles. The fraction of sp³-hybridized carbons (Fsp3) is 0.500. The van der Waals surface area contributed by atoms with Crippen molar-refractivity contribution in [1.82, 2.24) is 20.6 Å². The maximum absolute atomic E-state index is 11.7. The number of unbranched alkanes of at least 4 members (excludes halogenated alkanes) is 3. The summed E-state index contributed by atoms with van der Waals surface area (Å²) in [4.78, 5) is 0. The van der Waals surface area contributed by atoms with Crippen LogP contribution in [0.1, 0.15) is 49.6 Å². The van der Waals surface area contributed by atoms with E-state index in [-0.39, 0.29) is 0 Å². The molecule has 0 saturated carbocycles. The third kappa shape index (κ3) is 4.79. The van der Waals surface area contributed by atoms with Crippen molar-refractivity contribution in [2.75, 3.05) is 0 Å². The molecule has 5 nitrogen and oxygen atoms in total. The van der Waals surface area contributed by atoms with Gasteiger partial charge in [-0.3, -0.25) is 0 Å². The van der Waals surface area contributed by atoms with Crippen LogP contribution in [-0.2, 0) is 11.5 Å². The molecule has 101 valence electrons. The number of nitrogens with zero attached hydrogens (tertiary/aromatic N) is 3. The van der Waals surface area contributed by atoms with E-state index in [0.717, 1.165) is 25.7 Å². The third-order valence-electron chi connectivity index (χ3n) is 3.19. The zero-order valence-corrected chi connectivity index (χ0v) is 11.0. The highest BCUT2D eigenvalue weighted by Gasteiger charge is 2.12. The van der Waals surface area contributed by atoms with Crippen molar-refractivity contribution in [3.8, 4) is 0 Å². The Hall–Kier alpha value is -1.75. The molecular weight excluding hydrogens is 240 g/mol. The van der Waals surface area contributed by atoms with Gasteiger partial charge in [0.1, 0.15) is 0 Å². The fourth-order valence-corrected chi connectivity index (χ4v) is 2.10. The van der Waals surface area contributed by atoms with Crippen LogP contribution in [0.4, 0.5) is 0 Å². The van der Waals surface area contributed by atoms with E-state index in [4.69, 9.17) is 0 Å². The van der Waals surface area contributed by atoms with E-state index in [1.54, 1.807) is 0 Å². The lowest BCUT2D eigenvalue weighted by Crippen LogP contribution is -1.98. The van der Waals surface area contributed by atoms with Gasteiger partial charge in [0.2, 0.25) is 0 Å². The van der Waals surface area contributed by atoms with E-state index in [9.17, 15) is 5.11 Å². The van der Waals surface area contributed by atoms with Crippen LogP contribution in [0.15, 0.2) is 30.3 Å². The average Bonchev–Trinajstić information content (AvgIpc) is 2.98. The number of aromatic nitrogens is 4. The molecule has 2 aromatic rings. The highest BCUT2D eigenvalue weighted by molar-refractivity contribution is 5.14. The van der Waals surface area contributed by atoms with Gasteiger partial charge in [0.25, 0.3) is 0 Å². The zero-order chi connectivity index (χ0) is 13.3. The number of hydrogen-bond donors (Lipinski definition) is 1. The maximum atomic E-state index is 11.7. The van der Waals surface area contributed by atoms with Crippen LogP contribution in [0, 0.1) is 0 Å². The zero-order valence-electron chi connectivity index (χ0n) is 11.0. The Morgan fingerprint density at radius 2 is 1.84 bits per heavy atom. The van der Waals surface area contributed by atoms with E-state index in [1.165, 1.54) is 12.0 Å². The number of nitrogens with one attached hydrogen (secondary N) is 1. The van der Waals surface area contributed by atoms with Gasteiger partial charge in [-0.05, 0) is 35.3 Å². The first-order valence-corrected chi connectivity index (χ1v) is 6.79. The van der Waals surface area contributed by atoms with Crippen molar-refractivity contribution in [3.63, 3.8) is 0 Å². The first-order chi connectivity index (χ1) is 9.36. The minimum Gasteiger partial charge on any atom is -0.240 e. The molecule has 0 fully saturated rings. The quantitative estimate of drug-likeness (QED) is 0.741. The molecule has 1 N–H and O–H groups in total. The van der Waals surface area contributed by atoms with Gasteiger partial charge in [-0.1, -0.05) is 49.6 Å². The summed E-state index contributed by atoms with van der Waals surface area (Å²) in [7, 11) is 0. The minimum absolute atomic E-state index is 0.351. The highest BCUT2D eigenvalue weighted by Crippen LogP contribution is 2.16. The van der Waals surface area contributed by atoms with Crippen LogP contribution in [0.5, 0.6) is 0 Å². The Kier molecular flexibility index (Phi) is 5.49. The lowest BCUT2D eigenvalue weighted by Gasteiger charge is -2.04. The van der Waals surface area contributed by atoms with Gasteiger partial charge in [-0.2, -0.15) is 0 Å². The molecule has 19 heavy (non-hydrogen) atoms. The average molecular weight is 259 g/mol. The molecule has 0 aliphatic rings. The summed E-state index contributed by atoms with van der Waals surface area (Å²) >= 11 is 0. The van der Waals surface area contributed by atoms with Crippen LogP contribution >= 0.6 is 0 Å². The van der Waals surface area contributed by atoms with Crippen molar-refractivity contribution >= 4 is 0 Å². The summed E-state index contributed by atoms with van der Waals surface area (Å²) in [6.45, 7) is 0. The smallest absolute Gasteiger partial charge is 0.181 e. The van der Waals surface area contributed by atoms with Crippen LogP contribution in [0.3, 0.4) is 0 Å². The van der Waals surface area contributed by atoms with Crippen molar-refractivity contribution in [2.45, 2.75) is 44.6 Å². The molecule has 1 radical (unpaired) electrons. The summed E-state index contributed by atoms with van der Waals surface area (Å²) < 4.78 is 0. The summed E-state index contributed by atoms with van der Waals surface area (Å²) in [6, 6.07) is 10.5. The minimum atomic E-state index is -0.816. The molecule has 0 aliphatic carbocycles. The topological polar surface area (TPSA) is 74.4 Å². The highest BCUT2D eigenvalue weighted by atomic mass is 16.3. The number of rotatable bonds is 8.